The molecule has 0 spiro atoms. The molecule has 4 rings (SSSR count). The Morgan fingerprint density at radius 1 is 1.20 bits per heavy atom. The molecule has 2 atom stereocenters. The van der Waals surface area contributed by atoms with Gasteiger partial charge in [-0.1, -0.05) is 12.1 Å². The number of likely N-dealkylation sites (N-methyl/N-ethyl adjacent to an activating group) is 1. The third kappa shape index (κ3) is 5.23. The Hall–Kier alpha value is -2.76. The van der Waals surface area contributed by atoms with E-state index in [1.165, 1.54) is 12.8 Å². The Labute approximate surface area is 178 Å². The number of anilines is 1. The average Bonchev–Trinajstić information content (AvgIpc) is 3.49. The Morgan fingerprint density at radius 2 is 2.00 bits per heavy atom. The lowest BCUT2D eigenvalue weighted by Crippen LogP contribution is -2.27. The first-order valence-electron chi connectivity index (χ1n) is 11.0. The molecule has 6 nitrogen and oxygen atoms in total. The van der Waals surface area contributed by atoms with Crippen molar-refractivity contribution in [3.63, 3.8) is 0 Å². The molecule has 1 aromatic heterocycles. The summed E-state index contributed by atoms with van der Waals surface area (Å²) in [6, 6.07) is 11.9. The lowest BCUT2D eigenvalue weighted by atomic mass is 10.0. The second-order valence-electron chi connectivity index (χ2n) is 8.27. The molecule has 0 radical (unpaired) electrons. The molecule has 1 saturated heterocycles. The summed E-state index contributed by atoms with van der Waals surface area (Å²) < 4.78 is 11.9. The van der Waals surface area contributed by atoms with Gasteiger partial charge in [0.2, 0.25) is 11.8 Å². The number of carbonyl (C=O) groups excluding carboxylic acids is 1. The van der Waals surface area contributed by atoms with Crippen molar-refractivity contribution in [3.05, 3.63) is 48.2 Å². The highest BCUT2D eigenvalue weighted by Gasteiger charge is 2.25. The van der Waals surface area contributed by atoms with Crippen molar-refractivity contribution in [1.82, 2.24) is 10.3 Å². The molecule has 2 heterocycles. The number of rotatable bonds is 9. The molecule has 6 heteroatoms. The van der Waals surface area contributed by atoms with Gasteiger partial charge in [0.1, 0.15) is 11.9 Å². The molecule has 2 aromatic rings. The van der Waals surface area contributed by atoms with Gasteiger partial charge in [0.15, 0.2) is 0 Å². The van der Waals surface area contributed by atoms with E-state index in [2.05, 4.69) is 21.3 Å². The number of nitrogens with zero attached hydrogens (tertiary/aromatic N) is 2. The molecule has 160 valence electrons. The zero-order chi connectivity index (χ0) is 20.9. The summed E-state index contributed by atoms with van der Waals surface area (Å²) in [6.07, 6.45) is 5.56. The standard InChI is InChI=1S/C24H31N3O3/c1-3-25-24(28)17(2)19-6-9-21(10-7-19)30-22-12-13-27(15-22)20-8-11-23(26-14-20)29-16-18-4-5-18/h6-11,14,17-18,22H,3-5,12-13,15-16H2,1-2H3,(H,25,28)/t17?,22-/m1/s1. The molecule has 1 saturated carbocycles. The number of ether oxygens (including phenoxy) is 2. The fourth-order valence-corrected chi connectivity index (χ4v) is 3.70. The molecule has 1 aliphatic heterocycles. The van der Waals surface area contributed by atoms with Crippen molar-refractivity contribution in [2.45, 2.75) is 45.1 Å². The number of nitrogens with one attached hydrogen (secondary N) is 1. The smallest absolute Gasteiger partial charge is 0.227 e. The number of aromatic nitrogens is 1. The summed E-state index contributed by atoms with van der Waals surface area (Å²) in [4.78, 5) is 18.8. The maximum Gasteiger partial charge on any atom is 0.227 e. The zero-order valence-corrected chi connectivity index (χ0v) is 17.8. The molecule has 1 N–H and O–H groups in total. The van der Waals surface area contributed by atoms with E-state index in [1.54, 1.807) is 0 Å². The van der Waals surface area contributed by atoms with E-state index < -0.39 is 0 Å². The lowest BCUT2D eigenvalue weighted by Gasteiger charge is -2.19. The summed E-state index contributed by atoms with van der Waals surface area (Å²) in [5, 5.41) is 2.87. The molecule has 0 bridgehead atoms. The topological polar surface area (TPSA) is 63.7 Å². The Balaban J connectivity index is 1.27. The van der Waals surface area contributed by atoms with Crippen molar-refractivity contribution in [3.8, 4) is 11.6 Å². The maximum atomic E-state index is 12.0. The van der Waals surface area contributed by atoms with E-state index in [0.29, 0.717) is 12.4 Å². The molecule has 30 heavy (non-hydrogen) atoms. The minimum Gasteiger partial charge on any atom is -0.489 e. The van der Waals surface area contributed by atoms with Crippen LogP contribution in [-0.4, -0.2) is 43.2 Å². The molecule has 2 aliphatic rings. The van der Waals surface area contributed by atoms with Gasteiger partial charge in [-0.15, -0.1) is 0 Å². The highest BCUT2D eigenvalue weighted by atomic mass is 16.5. The summed E-state index contributed by atoms with van der Waals surface area (Å²) in [7, 11) is 0. The van der Waals surface area contributed by atoms with E-state index in [9.17, 15) is 4.79 Å². The van der Waals surface area contributed by atoms with Crippen molar-refractivity contribution in [2.75, 3.05) is 31.1 Å². The number of hydrogen-bond acceptors (Lipinski definition) is 5. The van der Waals surface area contributed by atoms with Gasteiger partial charge < -0.3 is 19.7 Å². The third-order valence-corrected chi connectivity index (χ3v) is 5.82. The van der Waals surface area contributed by atoms with Gasteiger partial charge in [0.05, 0.1) is 31.0 Å². The molecule has 1 aliphatic carbocycles. The first-order valence-corrected chi connectivity index (χ1v) is 11.0. The molecular formula is C24H31N3O3. The highest BCUT2D eigenvalue weighted by molar-refractivity contribution is 5.83. The van der Waals surface area contributed by atoms with Gasteiger partial charge >= 0.3 is 0 Å². The van der Waals surface area contributed by atoms with E-state index in [0.717, 1.165) is 49.0 Å². The second-order valence-corrected chi connectivity index (χ2v) is 8.27. The molecule has 2 fully saturated rings. The Bertz CT molecular complexity index is 834. The van der Waals surface area contributed by atoms with E-state index in [1.807, 2.05) is 50.4 Å². The largest absolute Gasteiger partial charge is 0.489 e. The zero-order valence-electron chi connectivity index (χ0n) is 17.8. The van der Waals surface area contributed by atoms with Crippen molar-refractivity contribution < 1.29 is 14.3 Å². The van der Waals surface area contributed by atoms with Crippen LogP contribution in [0.4, 0.5) is 5.69 Å². The van der Waals surface area contributed by atoms with Crippen LogP contribution in [0.15, 0.2) is 42.6 Å². The summed E-state index contributed by atoms with van der Waals surface area (Å²) in [5.41, 5.74) is 2.10. The highest BCUT2D eigenvalue weighted by Crippen LogP contribution is 2.30. The Morgan fingerprint density at radius 3 is 2.67 bits per heavy atom. The third-order valence-electron chi connectivity index (χ3n) is 5.82. The predicted molar refractivity (Wildman–Crippen MR) is 117 cm³/mol. The first kappa shape index (κ1) is 20.5. The first-order chi connectivity index (χ1) is 14.6. The summed E-state index contributed by atoms with van der Waals surface area (Å²) in [6.45, 7) is 7.06. The number of carbonyl (C=O) groups is 1. The lowest BCUT2D eigenvalue weighted by molar-refractivity contribution is -0.122. The molecule has 1 unspecified atom stereocenters. The molecule has 1 aromatic carbocycles. The van der Waals surface area contributed by atoms with Crippen LogP contribution in [0.2, 0.25) is 0 Å². The predicted octanol–water partition coefficient (Wildman–Crippen LogP) is 3.77. The van der Waals surface area contributed by atoms with Crippen LogP contribution in [0.25, 0.3) is 0 Å². The van der Waals surface area contributed by atoms with E-state index >= 15 is 0 Å². The van der Waals surface area contributed by atoms with Crippen molar-refractivity contribution in [2.24, 2.45) is 5.92 Å². The summed E-state index contributed by atoms with van der Waals surface area (Å²) >= 11 is 0. The quantitative estimate of drug-likeness (QED) is 0.683. The van der Waals surface area contributed by atoms with E-state index in [-0.39, 0.29) is 17.9 Å². The van der Waals surface area contributed by atoms with Gasteiger partial charge in [-0.3, -0.25) is 4.79 Å². The number of benzene rings is 1. The van der Waals surface area contributed by atoms with Crippen LogP contribution in [0.3, 0.4) is 0 Å². The van der Waals surface area contributed by atoms with Gasteiger partial charge in [-0.05, 0) is 56.4 Å². The van der Waals surface area contributed by atoms with Crippen LogP contribution < -0.4 is 19.7 Å². The van der Waals surface area contributed by atoms with Crippen LogP contribution in [0.1, 0.15) is 44.6 Å². The monoisotopic (exact) mass is 409 g/mol. The van der Waals surface area contributed by atoms with E-state index in [4.69, 9.17) is 9.47 Å². The van der Waals surface area contributed by atoms with Crippen molar-refractivity contribution >= 4 is 11.6 Å². The number of hydrogen-bond donors (Lipinski definition) is 1. The van der Waals surface area contributed by atoms with Crippen LogP contribution in [0, 0.1) is 5.92 Å². The Kier molecular flexibility index (Phi) is 6.41. The second kappa shape index (κ2) is 9.37. The number of amides is 1. The van der Waals surface area contributed by atoms with Gasteiger partial charge in [0.25, 0.3) is 0 Å². The minimum absolute atomic E-state index is 0.0511. The van der Waals surface area contributed by atoms with Crippen molar-refractivity contribution in [1.29, 1.82) is 0 Å². The van der Waals surface area contributed by atoms with Gasteiger partial charge in [-0.25, -0.2) is 4.98 Å². The van der Waals surface area contributed by atoms with Crippen LogP contribution >= 0.6 is 0 Å². The van der Waals surface area contributed by atoms with Gasteiger partial charge in [0, 0.05) is 25.6 Å². The molecular weight excluding hydrogens is 378 g/mol. The van der Waals surface area contributed by atoms with Crippen LogP contribution in [-0.2, 0) is 4.79 Å². The fourth-order valence-electron chi connectivity index (χ4n) is 3.70. The minimum atomic E-state index is -0.162. The fraction of sp³-hybridized carbons (Fsp3) is 0.500. The van der Waals surface area contributed by atoms with Crippen LogP contribution in [0.5, 0.6) is 11.6 Å². The summed E-state index contributed by atoms with van der Waals surface area (Å²) in [5.74, 6) is 2.17. The maximum absolute atomic E-state index is 12.0. The van der Waals surface area contributed by atoms with Gasteiger partial charge in [-0.2, -0.15) is 0 Å². The normalized spacial score (nSPS) is 19.4. The average molecular weight is 410 g/mol. The number of pyridine rings is 1. The SMILES string of the molecule is CCNC(=O)C(C)c1ccc(O[C@@H]2CCN(c3ccc(OCC4CC4)nc3)C2)cc1. The molecule has 1 amide bonds.